The molecule has 338 valence electrons. The summed E-state index contributed by atoms with van der Waals surface area (Å²) < 4.78 is 41.0. The molecule has 2 unspecified atom stereocenters. The minimum Gasteiger partial charge on any atom is -0.490 e. The number of ether oxygens (including phenoxy) is 3. The third-order valence-electron chi connectivity index (χ3n) is 14.2. The van der Waals surface area contributed by atoms with Crippen molar-refractivity contribution in [3.63, 3.8) is 0 Å². The highest BCUT2D eigenvalue weighted by Gasteiger charge is 2.49. The zero-order chi connectivity index (χ0) is 44.1. The van der Waals surface area contributed by atoms with Crippen LogP contribution in [0.25, 0.3) is 0 Å². The van der Waals surface area contributed by atoms with Gasteiger partial charge in [0.15, 0.2) is 0 Å². The summed E-state index contributed by atoms with van der Waals surface area (Å²) in [4.78, 5) is 48.9. The molecule has 3 aromatic rings. The van der Waals surface area contributed by atoms with Crippen molar-refractivity contribution in [1.29, 1.82) is 0 Å². The zero-order valence-corrected chi connectivity index (χ0v) is 37.9. The van der Waals surface area contributed by atoms with Crippen molar-refractivity contribution in [3.8, 4) is 11.6 Å². The summed E-state index contributed by atoms with van der Waals surface area (Å²) in [6.07, 6.45) is 9.69. The van der Waals surface area contributed by atoms with Crippen molar-refractivity contribution in [2.24, 2.45) is 29.2 Å². The number of carbonyl (C=O) groups is 3. The first-order valence-corrected chi connectivity index (χ1v) is 24.3. The van der Waals surface area contributed by atoms with Crippen molar-refractivity contribution in [3.05, 3.63) is 82.0 Å². The van der Waals surface area contributed by atoms with Gasteiger partial charge in [-0.1, -0.05) is 36.7 Å². The van der Waals surface area contributed by atoms with Crippen LogP contribution in [0.2, 0.25) is 5.02 Å². The molecular formula is C46H58ClN7O8S. The van der Waals surface area contributed by atoms with Crippen LogP contribution in [0.5, 0.6) is 11.6 Å². The highest BCUT2D eigenvalue weighted by Crippen LogP contribution is 2.49. The number of amides is 3. The van der Waals surface area contributed by atoms with Gasteiger partial charge in [0.1, 0.15) is 21.2 Å². The van der Waals surface area contributed by atoms with Gasteiger partial charge in [0.05, 0.1) is 56.4 Å². The largest absolute Gasteiger partial charge is 0.490 e. The second-order valence-electron chi connectivity index (χ2n) is 18.6. The molecule has 2 bridgehead atoms. The van der Waals surface area contributed by atoms with Gasteiger partial charge < -0.3 is 29.1 Å². The molecule has 2 saturated heterocycles. The molecule has 2 aliphatic carbocycles. The first-order valence-electron chi connectivity index (χ1n) is 22.2. The smallest absolute Gasteiger partial charge is 0.286 e. The van der Waals surface area contributed by atoms with Gasteiger partial charge in [-0.05, 0) is 97.7 Å². The predicted molar refractivity (Wildman–Crippen MR) is 239 cm³/mol. The van der Waals surface area contributed by atoms with E-state index in [1.165, 1.54) is 29.1 Å². The van der Waals surface area contributed by atoms with Crippen LogP contribution in [-0.2, 0) is 38.3 Å². The Labute approximate surface area is 374 Å². The molecule has 3 amide bonds. The molecule has 4 aliphatic heterocycles. The second-order valence-corrected chi connectivity index (χ2v) is 21.0. The van der Waals surface area contributed by atoms with Crippen LogP contribution in [0.1, 0.15) is 77.3 Å². The zero-order valence-electron chi connectivity index (χ0n) is 36.3. The van der Waals surface area contributed by atoms with E-state index in [4.69, 9.17) is 25.8 Å². The highest BCUT2D eigenvalue weighted by atomic mass is 35.5. The highest BCUT2D eigenvalue weighted by molar-refractivity contribution is 7.92. The van der Waals surface area contributed by atoms with Crippen LogP contribution in [-0.4, -0.2) is 130 Å². The Morgan fingerprint density at radius 3 is 2.79 bits per heavy atom. The lowest BCUT2D eigenvalue weighted by atomic mass is 9.63. The number of piperazine rings is 1. The molecule has 63 heavy (non-hydrogen) atoms. The van der Waals surface area contributed by atoms with E-state index < -0.39 is 32.7 Å². The number of nitrogens with one attached hydrogen (secondary N) is 1. The number of benzene rings is 2. The van der Waals surface area contributed by atoms with E-state index in [-0.39, 0.29) is 58.9 Å². The fourth-order valence-corrected chi connectivity index (χ4v) is 12.9. The maximum atomic E-state index is 14.9. The third-order valence-corrected chi connectivity index (χ3v) is 16.4. The number of carbonyl (C=O) groups excluding carboxylic acids is 3. The number of allylic oxidation sites excluding steroid dienone is 1. The van der Waals surface area contributed by atoms with Crippen LogP contribution < -0.4 is 19.1 Å². The van der Waals surface area contributed by atoms with Gasteiger partial charge in [-0.25, -0.2) is 4.21 Å². The standard InChI is InChI=1S/C46H58ClN7O8S/c1-30-6-4-15-46(58,22-41(55)53-17-16-52-18-19-61-26-35(52)24-53)38-11-8-33(38)23-54-28-45(14-5-7-31-20-34(47)10-12-37(31)45)29-62-40-13-9-32(21-39(40)54)42(56)49-63(59,27-30)50-43(57)36-25-51(2)48-44(36)60-3/h4,9-10,12-13,15,20-21,25,30,33,35,38,58H,5-8,11,14,16-19,22-24,26-29H2,1-3H3,(H,49,50,56,57,59)/b15-4+/t30-,33-,35?,38+,45-,46+,63?/m0/s1. The molecular weight excluding hydrogens is 846 g/mol. The number of rotatable bonds is 5. The number of hydrogen-bond donors (Lipinski definition) is 2. The van der Waals surface area contributed by atoms with Gasteiger partial charge in [0.25, 0.3) is 11.8 Å². The van der Waals surface area contributed by atoms with E-state index in [1.54, 1.807) is 31.3 Å². The number of nitrogens with zero attached hydrogens (tertiary/aromatic N) is 6. The van der Waals surface area contributed by atoms with Crippen molar-refractivity contribution < 1.29 is 37.9 Å². The number of fused-ring (bicyclic) bond motifs is 5. The summed E-state index contributed by atoms with van der Waals surface area (Å²) in [5.41, 5.74) is 1.46. The number of methoxy groups -OCH3 is 1. The molecule has 1 spiro atoms. The van der Waals surface area contributed by atoms with Gasteiger partial charge in [-0.2, -0.15) is 0 Å². The van der Waals surface area contributed by atoms with Crippen molar-refractivity contribution in [2.45, 2.75) is 68.9 Å². The van der Waals surface area contributed by atoms with E-state index >= 15 is 0 Å². The van der Waals surface area contributed by atoms with Gasteiger partial charge >= 0.3 is 0 Å². The summed E-state index contributed by atoms with van der Waals surface area (Å²) >= 11 is 6.52. The van der Waals surface area contributed by atoms with Crippen LogP contribution >= 0.6 is 11.6 Å². The molecule has 5 heterocycles. The Morgan fingerprint density at radius 1 is 1.13 bits per heavy atom. The molecule has 2 aromatic carbocycles. The third kappa shape index (κ3) is 8.85. The number of morpholine rings is 1. The molecule has 9 rings (SSSR count). The monoisotopic (exact) mass is 903 g/mol. The van der Waals surface area contributed by atoms with Gasteiger partial charge in [-0.15, -0.1) is 9.46 Å². The summed E-state index contributed by atoms with van der Waals surface area (Å²) in [5.74, 6) is -1.69. The Balaban J connectivity index is 1.10. The topological polar surface area (TPSA) is 168 Å². The average molecular weight is 905 g/mol. The van der Waals surface area contributed by atoms with Crippen LogP contribution in [0, 0.1) is 17.8 Å². The number of hydrogen-bond acceptors (Lipinski definition) is 11. The maximum absolute atomic E-state index is 14.9. The maximum Gasteiger partial charge on any atom is 0.286 e. The summed E-state index contributed by atoms with van der Waals surface area (Å²) in [5, 5.41) is 17.8. The molecule has 17 heteroatoms. The minimum atomic E-state index is -3.75. The molecule has 6 aliphatic rings. The summed E-state index contributed by atoms with van der Waals surface area (Å²) in [7, 11) is -0.734. The summed E-state index contributed by atoms with van der Waals surface area (Å²) in [6, 6.07) is 11.4. The predicted octanol–water partition coefficient (Wildman–Crippen LogP) is 4.79. The van der Waals surface area contributed by atoms with Gasteiger partial charge in [-0.3, -0.25) is 28.7 Å². The minimum absolute atomic E-state index is 0.0140. The van der Waals surface area contributed by atoms with Crippen LogP contribution in [0.15, 0.2) is 59.1 Å². The van der Waals surface area contributed by atoms with Crippen molar-refractivity contribution in [2.75, 3.05) is 76.9 Å². The molecule has 3 fully saturated rings. The number of aromatic nitrogens is 2. The number of aliphatic hydroxyl groups is 1. The molecule has 1 saturated carbocycles. The Hall–Kier alpha value is -4.48. The van der Waals surface area contributed by atoms with Gasteiger partial charge in [0, 0.05) is 68.5 Å². The molecule has 2 N–H and O–H groups in total. The first kappa shape index (κ1) is 43.8. The van der Waals surface area contributed by atoms with Crippen LogP contribution in [0.3, 0.4) is 0 Å². The Morgan fingerprint density at radius 2 is 1.98 bits per heavy atom. The second kappa shape index (κ2) is 17.5. The lowest BCUT2D eigenvalue weighted by Gasteiger charge is -2.50. The molecule has 7 atom stereocenters. The first-order chi connectivity index (χ1) is 30.2. The number of anilines is 1. The lowest BCUT2D eigenvalue weighted by Crippen LogP contribution is -2.60. The van der Waals surface area contributed by atoms with E-state index in [1.807, 2.05) is 24.0 Å². The normalized spacial score (nSPS) is 31.5. The van der Waals surface area contributed by atoms with E-state index in [0.717, 1.165) is 45.2 Å². The van der Waals surface area contributed by atoms with Crippen molar-refractivity contribution >= 4 is 44.9 Å². The Bertz CT molecular complexity index is 2440. The fourth-order valence-electron chi connectivity index (χ4n) is 10.8. The van der Waals surface area contributed by atoms with Crippen molar-refractivity contribution in [1.82, 2.24) is 24.3 Å². The SMILES string of the molecule is COc1nn(C)cc1C(=O)NS1(=O)=NC(=O)c2ccc3c(c2)N(C[C@@H]2CC[C@H]2[C@](O)(CC(=O)N2CCN4CCOCC4C2)/C=C/C[C@H](C)C1)C[C@@]1(CCCc2cc(Cl)ccc21)CO3. The fraction of sp³-hybridized carbons (Fsp3) is 0.565. The van der Waals surface area contributed by atoms with E-state index in [9.17, 15) is 23.7 Å². The lowest BCUT2D eigenvalue weighted by molar-refractivity contribution is -0.145. The van der Waals surface area contributed by atoms with Crippen LogP contribution in [0.4, 0.5) is 5.69 Å². The molecule has 0 radical (unpaired) electrons. The van der Waals surface area contributed by atoms with E-state index in [0.29, 0.717) is 68.9 Å². The molecule has 15 nitrogen and oxygen atoms in total. The number of halogens is 1. The molecule has 1 aromatic heterocycles. The summed E-state index contributed by atoms with van der Waals surface area (Å²) in [6.45, 7) is 7.42. The quantitative estimate of drug-likeness (QED) is 0.338. The van der Waals surface area contributed by atoms with Gasteiger partial charge in [0.2, 0.25) is 11.8 Å². The average Bonchev–Trinajstić information content (AvgIpc) is 3.56. The van der Waals surface area contributed by atoms with E-state index in [2.05, 4.69) is 36.1 Å². The Kier molecular flexibility index (Phi) is 12.1. The number of aryl methyl sites for hydroxylation is 2.